The first-order valence-corrected chi connectivity index (χ1v) is 6.93. The summed E-state index contributed by atoms with van der Waals surface area (Å²) in [7, 11) is 0. The van der Waals surface area contributed by atoms with Gasteiger partial charge in [0.05, 0.1) is 20.1 Å². The lowest BCUT2D eigenvalue weighted by Gasteiger charge is -2.02. The minimum absolute atomic E-state index is 0.0325. The van der Waals surface area contributed by atoms with E-state index in [1.807, 2.05) is 6.92 Å². The number of Topliss-reactive ketones (excluding diaryl/α,β-unsaturated/α-hetero) is 1. The third-order valence-electron chi connectivity index (χ3n) is 3.29. The van der Waals surface area contributed by atoms with Crippen molar-refractivity contribution in [2.45, 2.75) is 26.2 Å². The van der Waals surface area contributed by atoms with Gasteiger partial charge in [-0.25, -0.2) is 4.98 Å². The standard InChI is InChI=1S/C13H12N2O3S/c1-7-14-10-4-9(5-12(16)8-2-3-8)11(15(17)18)6-13(10)19-7/h4,6,8H,2-3,5H2,1H3. The fourth-order valence-electron chi connectivity index (χ4n) is 2.17. The van der Waals surface area contributed by atoms with Crippen LogP contribution < -0.4 is 0 Å². The van der Waals surface area contributed by atoms with Crippen LogP contribution in [0.3, 0.4) is 0 Å². The van der Waals surface area contributed by atoms with Gasteiger partial charge in [-0.2, -0.15) is 0 Å². The molecule has 1 fully saturated rings. The van der Waals surface area contributed by atoms with Gasteiger partial charge in [-0.1, -0.05) is 0 Å². The van der Waals surface area contributed by atoms with Crippen LogP contribution in [0.1, 0.15) is 23.4 Å². The molecular formula is C13H12N2O3S. The summed E-state index contributed by atoms with van der Waals surface area (Å²) in [4.78, 5) is 26.9. The van der Waals surface area contributed by atoms with Gasteiger partial charge in [0.2, 0.25) is 0 Å². The Morgan fingerprint density at radius 2 is 2.26 bits per heavy atom. The van der Waals surface area contributed by atoms with Crippen molar-refractivity contribution >= 4 is 33.0 Å². The van der Waals surface area contributed by atoms with Gasteiger partial charge in [0.15, 0.2) is 0 Å². The number of thiazole rings is 1. The van der Waals surface area contributed by atoms with Crippen LogP contribution in [0.2, 0.25) is 0 Å². The molecule has 0 bridgehead atoms. The van der Waals surface area contributed by atoms with Crippen LogP contribution in [0.5, 0.6) is 0 Å². The number of hydrogen-bond acceptors (Lipinski definition) is 5. The second kappa shape index (κ2) is 4.38. The normalized spacial score (nSPS) is 14.8. The van der Waals surface area contributed by atoms with E-state index in [1.165, 1.54) is 17.4 Å². The van der Waals surface area contributed by atoms with Crippen molar-refractivity contribution in [3.63, 3.8) is 0 Å². The van der Waals surface area contributed by atoms with Crippen molar-refractivity contribution < 1.29 is 9.72 Å². The first-order valence-electron chi connectivity index (χ1n) is 6.12. The smallest absolute Gasteiger partial charge is 0.274 e. The second-order valence-electron chi connectivity index (χ2n) is 4.86. The number of ketones is 1. The molecule has 3 rings (SSSR count). The maximum Gasteiger partial charge on any atom is 0.274 e. The van der Waals surface area contributed by atoms with Crippen LogP contribution >= 0.6 is 11.3 Å². The lowest BCUT2D eigenvalue weighted by atomic mass is 10.0. The van der Waals surface area contributed by atoms with E-state index >= 15 is 0 Å². The third kappa shape index (κ3) is 2.35. The summed E-state index contributed by atoms with van der Waals surface area (Å²) in [5.41, 5.74) is 1.26. The summed E-state index contributed by atoms with van der Waals surface area (Å²) in [6.07, 6.45) is 1.99. The number of carbonyl (C=O) groups excluding carboxylic acids is 1. The maximum absolute atomic E-state index is 11.9. The van der Waals surface area contributed by atoms with E-state index in [-0.39, 0.29) is 23.8 Å². The van der Waals surface area contributed by atoms with E-state index in [0.717, 1.165) is 28.1 Å². The lowest BCUT2D eigenvalue weighted by Crippen LogP contribution is -2.07. The average Bonchev–Trinajstić information content (AvgIpc) is 3.11. The SMILES string of the molecule is Cc1nc2cc(CC(=O)C3CC3)c([N+](=O)[O-])cc2s1. The van der Waals surface area contributed by atoms with E-state index in [4.69, 9.17) is 0 Å². The Bertz CT molecular complexity index is 688. The summed E-state index contributed by atoms with van der Waals surface area (Å²) in [5.74, 6) is 0.224. The first-order chi connectivity index (χ1) is 9.04. The predicted octanol–water partition coefficient (Wildman–Crippen LogP) is 3.03. The minimum Gasteiger partial charge on any atom is -0.299 e. The van der Waals surface area contributed by atoms with Gasteiger partial charge in [0, 0.05) is 24.0 Å². The highest BCUT2D eigenvalue weighted by Gasteiger charge is 2.31. The van der Waals surface area contributed by atoms with E-state index in [0.29, 0.717) is 5.56 Å². The Labute approximate surface area is 113 Å². The number of rotatable bonds is 4. The number of aryl methyl sites for hydroxylation is 1. The van der Waals surface area contributed by atoms with E-state index in [1.54, 1.807) is 6.07 Å². The predicted molar refractivity (Wildman–Crippen MR) is 72.4 cm³/mol. The molecular weight excluding hydrogens is 264 g/mol. The summed E-state index contributed by atoms with van der Waals surface area (Å²) in [6, 6.07) is 3.23. The molecule has 0 atom stereocenters. The number of nitro groups is 1. The summed E-state index contributed by atoms with van der Waals surface area (Å²) >= 11 is 1.43. The number of carbonyl (C=O) groups is 1. The number of hydrogen-bond donors (Lipinski definition) is 0. The van der Waals surface area contributed by atoms with Crippen molar-refractivity contribution in [1.82, 2.24) is 4.98 Å². The second-order valence-corrected chi connectivity index (χ2v) is 6.09. The molecule has 0 saturated heterocycles. The Hall–Kier alpha value is -1.82. The van der Waals surface area contributed by atoms with Crippen LogP contribution in [0.25, 0.3) is 10.2 Å². The summed E-state index contributed by atoms with van der Waals surface area (Å²) < 4.78 is 0.798. The minimum atomic E-state index is -0.413. The van der Waals surface area contributed by atoms with Crippen LogP contribution in [-0.4, -0.2) is 15.7 Å². The quantitative estimate of drug-likeness (QED) is 0.635. The van der Waals surface area contributed by atoms with E-state index in [9.17, 15) is 14.9 Å². The van der Waals surface area contributed by atoms with Gasteiger partial charge in [-0.3, -0.25) is 14.9 Å². The van der Waals surface area contributed by atoms with Crippen LogP contribution in [0.4, 0.5) is 5.69 Å². The topological polar surface area (TPSA) is 73.1 Å². The molecule has 1 heterocycles. The molecule has 2 aromatic rings. The number of benzene rings is 1. The van der Waals surface area contributed by atoms with E-state index in [2.05, 4.69) is 4.98 Å². The average molecular weight is 276 g/mol. The Morgan fingerprint density at radius 3 is 2.89 bits per heavy atom. The van der Waals surface area contributed by atoms with Gasteiger partial charge in [0.25, 0.3) is 5.69 Å². The zero-order valence-electron chi connectivity index (χ0n) is 10.4. The molecule has 1 aromatic heterocycles. The molecule has 6 heteroatoms. The zero-order chi connectivity index (χ0) is 13.6. The van der Waals surface area contributed by atoms with Crippen molar-refractivity contribution in [3.8, 4) is 0 Å². The van der Waals surface area contributed by atoms with Crippen molar-refractivity contribution in [1.29, 1.82) is 0 Å². The van der Waals surface area contributed by atoms with Crippen molar-refractivity contribution in [3.05, 3.63) is 32.8 Å². The number of aromatic nitrogens is 1. The summed E-state index contributed by atoms with van der Waals surface area (Å²) in [6.45, 7) is 1.87. The largest absolute Gasteiger partial charge is 0.299 e. The molecule has 0 spiro atoms. The lowest BCUT2D eigenvalue weighted by molar-refractivity contribution is -0.385. The molecule has 0 amide bonds. The van der Waals surface area contributed by atoms with Crippen LogP contribution in [-0.2, 0) is 11.2 Å². The molecule has 1 aromatic carbocycles. The highest BCUT2D eigenvalue weighted by Crippen LogP contribution is 2.34. The molecule has 0 unspecified atom stereocenters. The molecule has 5 nitrogen and oxygen atoms in total. The summed E-state index contributed by atoms with van der Waals surface area (Å²) in [5, 5.41) is 12.0. The fraction of sp³-hybridized carbons (Fsp3) is 0.385. The van der Waals surface area contributed by atoms with Gasteiger partial charge < -0.3 is 0 Å². The number of fused-ring (bicyclic) bond motifs is 1. The first kappa shape index (κ1) is 12.2. The molecule has 0 N–H and O–H groups in total. The van der Waals surface area contributed by atoms with Crippen LogP contribution in [0, 0.1) is 23.0 Å². The Morgan fingerprint density at radius 1 is 1.53 bits per heavy atom. The monoisotopic (exact) mass is 276 g/mol. The zero-order valence-corrected chi connectivity index (χ0v) is 11.2. The molecule has 0 radical (unpaired) electrons. The van der Waals surface area contributed by atoms with Gasteiger partial charge in [-0.05, 0) is 25.8 Å². The van der Waals surface area contributed by atoms with Gasteiger partial charge in [-0.15, -0.1) is 11.3 Å². The third-order valence-corrected chi connectivity index (χ3v) is 4.22. The van der Waals surface area contributed by atoms with Gasteiger partial charge >= 0.3 is 0 Å². The maximum atomic E-state index is 11.9. The molecule has 0 aliphatic heterocycles. The highest BCUT2D eigenvalue weighted by atomic mass is 32.1. The molecule has 1 aliphatic carbocycles. The molecule has 1 saturated carbocycles. The van der Waals surface area contributed by atoms with E-state index < -0.39 is 4.92 Å². The van der Waals surface area contributed by atoms with Crippen LogP contribution in [0.15, 0.2) is 12.1 Å². The number of nitro benzene ring substituents is 1. The molecule has 98 valence electrons. The highest BCUT2D eigenvalue weighted by molar-refractivity contribution is 7.18. The molecule has 1 aliphatic rings. The Kier molecular flexibility index (Phi) is 2.82. The van der Waals surface area contributed by atoms with Gasteiger partial charge in [0.1, 0.15) is 5.78 Å². The fourth-order valence-corrected chi connectivity index (χ4v) is 3.01. The Balaban J connectivity index is 2.05. The van der Waals surface area contributed by atoms with Crippen molar-refractivity contribution in [2.75, 3.05) is 0 Å². The number of nitrogens with zero attached hydrogens (tertiary/aromatic N) is 2. The van der Waals surface area contributed by atoms with Crippen molar-refractivity contribution in [2.24, 2.45) is 5.92 Å². The molecule has 19 heavy (non-hydrogen) atoms.